The van der Waals surface area contributed by atoms with Crippen molar-refractivity contribution in [2.24, 2.45) is 0 Å². The number of carbonyl (C=O) groups is 2. The average molecular weight is 1210 g/mol. The molecule has 0 aliphatic rings. The zero-order valence-electron chi connectivity index (χ0n) is 58.6. The van der Waals surface area contributed by atoms with Crippen molar-refractivity contribution in [1.29, 1.82) is 0 Å². The third-order valence-corrected chi connectivity index (χ3v) is 18.8. The maximum Gasteiger partial charge on any atom is 0.305 e. The van der Waals surface area contributed by atoms with Gasteiger partial charge < -0.3 is 20.3 Å². The topological polar surface area (TPSA) is 95.9 Å². The second-order valence-electron chi connectivity index (χ2n) is 27.4. The number of rotatable bonds is 75. The van der Waals surface area contributed by atoms with Crippen molar-refractivity contribution in [3.8, 4) is 0 Å². The first kappa shape index (κ1) is 84.3. The molecule has 0 aromatic carbocycles. The summed E-state index contributed by atoms with van der Waals surface area (Å²) in [6, 6.07) is -0.548. The average Bonchev–Trinajstić information content (AvgIpc) is 3.54. The first-order chi connectivity index (χ1) is 42.5. The van der Waals surface area contributed by atoms with E-state index in [1.807, 2.05) is 0 Å². The quantitative estimate of drug-likeness (QED) is 0.0320. The Hall–Kier alpha value is -1.66. The van der Waals surface area contributed by atoms with Gasteiger partial charge in [0, 0.05) is 12.8 Å². The molecule has 3 N–H and O–H groups in total. The fraction of sp³-hybridized carbons (Fsp3) is 0.925. The fourth-order valence-electron chi connectivity index (χ4n) is 12.7. The van der Waals surface area contributed by atoms with Crippen molar-refractivity contribution >= 4 is 11.9 Å². The third-order valence-electron chi connectivity index (χ3n) is 18.8. The van der Waals surface area contributed by atoms with Crippen LogP contribution in [0.2, 0.25) is 0 Å². The number of unbranched alkanes of at least 4 members (excludes halogenated alkanes) is 60. The highest BCUT2D eigenvalue weighted by atomic mass is 16.5. The lowest BCUT2D eigenvalue weighted by atomic mass is 10.0. The van der Waals surface area contributed by atoms with Crippen LogP contribution in [0.25, 0.3) is 0 Å². The van der Waals surface area contributed by atoms with Crippen LogP contribution in [0.15, 0.2) is 24.3 Å². The largest absolute Gasteiger partial charge is 0.466 e. The number of aliphatic hydroxyl groups excluding tert-OH is 2. The normalized spacial score (nSPS) is 12.6. The monoisotopic (exact) mass is 1210 g/mol. The van der Waals surface area contributed by atoms with E-state index in [1.54, 1.807) is 0 Å². The lowest BCUT2D eigenvalue weighted by molar-refractivity contribution is -0.143. The van der Waals surface area contributed by atoms with Gasteiger partial charge in [-0.15, -0.1) is 0 Å². The van der Waals surface area contributed by atoms with Crippen LogP contribution >= 0.6 is 0 Å². The van der Waals surface area contributed by atoms with Crippen LogP contribution in [0, 0.1) is 0 Å². The molecule has 6 nitrogen and oxygen atoms in total. The van der Waals surface area contributed by atoms with Crippen molar-refractivity contribution in [3.63, 3.8) is 0 Å². The van der Waals surface area contributed by atoms with Crippen LogP contribution < -0.4 is 5.32 Å². The zero-order chi connectivity index (χ0) is 62.0. The second kappa shape index (κ2) is 75.8. The molecule has 0 rings (SSSR count). The first-order valence-electron chi connectivity index (χ1n) is 39.6. The number of aliphatic hydroxyl groups is 2. The number of nitrogens with one attached hydrogen (secondary N) is 1. The summed E-state index contributed by atoms with van der Waals surface area (Å²) in [5.41, 5.74) is 0. The van der Waals surface area contributed by atoms with Crippen LogP contribution in [0.1, 0.15) is 450 Å². The molecular weight excluding hydrogens is 1050 g/mol. The summed E-state index contributed by atoms with van der Waals surface area (Å²) < 4.78 is 5.51. The Morgan fingerprint density at radius 1 is 0.326 bits per heavy atom. The number of amides is 1. The number of hydrogen-bond acceptors (Lipinski definition) is 5. The lowest BCUT2D eigenvalue weighted by Crippen LogP contribution is -2.45. The number of esters is 1. The van der Waals surface area contributed by atoms with Gasteiger partial charge in [-0.2, -0.15) is 0 Å². The number of allylic oxidation sites excluding steroid dienone is 4. The molecule has 0 aromatic heterocycles. The van der Waals surface area contributed by atoms with Crippen LogP contribution in [-0.4, -0.2) is 47.4 Å². The van der Waals surface area contributed by atoms with Crippen molar-refractivity contribution < 1.29 is 24.5 Å². The van der Waals surface area contributed by atoms with Crippen molar-refractivity contribution in [3.05, 3.63) is 24.3 Å². The molecule has 0 heterocycles. The number of ether oxygens (including phenoxy) is 1. The molecule has 0 radical (unpaired) electrons. The molecule has 6 heteroatoms. The van der Waals surface area contributed by atoms with Crippen LogP contribution in [0.4, 0.5) is 0 Å². The van der Waals surface area contributed by atoms with Crippen molar-refractivity contribution in [1.82, 2.24) is 5.32 Å². The number of hydrogen-bond donors (Lipinski definition) is 3. The Bertz CT molecular complexity index is 1350. The van der Waals surface area contributed by atoms with E-state index in [1.165, 1.54) is 372 Å². The molecule has 0 spiro atoms. The van der Waals surface area contributed by atoms with Gasteiger partial charge in [0.2, 0.25) is 5.91 Å². The minimum absolute atomic E-state index is 0.0151. The summed E-state index contributed by atoms with van der Waals surface area (Å²) in [4.78, 5) is 24.7. The third kappa shape index (κ3) is 71.4. The van der Waals surface area contributed by atoms with Gasteiger partial charge in [-0.05, 0) is 57.8 Å². The molecule has 0 aliphatic carbocycles. The van der Waals surface area contributed by atoms with E-state index in [0.29, 0.717) is 25.9 Å². The van der Waals surface area contributed by atoms with E-state index in [-0.39, 0.29) is 18.5 Å². The first-order valence-corrected chi connectivity index (χ1v) is 39.6. The van der Waals surface area contributed by atoms with Crippen molar-refractivity contribution in [2.75, 3.05) is 13.2 Å². The molecule has 0 aliphatic heterocycles. The molecule has 0 fully saturated rings. The second-order valence-corrected chi connectivity index (χ2v) is 27.4. The minimum Gasteiger partial charge on any atom is -0.466 e. The van der Waals surface area contributed by atoms with Gasteiger partial charge >= 0.3 is 5.97 Å². The van der Waals surface area contributed by atoms with Gasteiger partial charge in [0.15, 0.2) is 0 Å². The Labute approximate surface area is 539 Å². The van der Waals surface area contributed by atoms with Crippen LogP contribution in [0.3, 0.4) is 0 Å². The summed E-state index contributed by atoms with van der Waals surface area (Å²) >= 11 is 0. The summed E-state index contributed by atoms with van der Waals surface area (Å²) in [5.74, 6) is -0.0204. The molecule has 0 bridgehead atoms. The fourth-order valence-corrected chi connectivity index (χ4v) is 12.7. The highest BCUT2D eigenvalue weighted by molar-refractivity contribution is 5.76. The van der Waals surface area contributed by atoms with E-state index in [0.717, 1.165) is 44.9 Å². The molecule has 2 unspecified atom stereocenters. The van der Waals surface area contributed by atoms with Gasteiger partial charge in [0.1, 0.15) is 0 Å². The highest BCUT2D eigenvalue weighted by Gasteiger charge is 2.20. The Kier molecular flexibility index (Phi) is 74.3. The van der Waals surface area contributed by atoms with Crippen molar-refractivity contribution in [2.45, 2.75) is 463 Å². The molecule has 86 heavy (non-hydrogen) atoms. The number of carbonyl (C=O) groups excluding carboxylic acids is 2. The smallest absolute Gasteiger partial charge is 0.305 e. The summed E-state index contributed by atoms with van der Waals surface area (Å²) in [7, 11) is 0. The standard InChI is InChI=1S/C80H155NO5/c1-3-5-7-9-11-13-15-17-19-21-23-24-25-27-30-33-37-40-44-48-52-56-60-64-68-72-78(83)77(76-82)81-79(84)73-69-65-61-57-53-49-45-41-38-34-31-28-26-29-32-35-39-43-47-51-55-59-63-67-71-75-86-80(85)74-70-66-62-58-54-50-46-42-36-22-20-18-16-14-12-10-8-6-4-2/h28-29,31-32,77-78,82-83H,3-27,30,33-76H2,1-2H3,(H,81,84)/b31-28-,32-29-. The van der Waals surface area contributed by atoms with E-state index < -0.39 is 12.1 Å². The Morgan fingerprint density at radius 2 is 0.581 bits per heavy atom. The SMILES string of the molecule is CCCCCCCCCCCCCCCCCCCCCCCCCCCC(O)C(CO)NC(=O)CCCCCCCCCCC/C=C\C/C=C\CCCCCCCCCCCOC(=O)CCCCCCCCCCCCCCCCCCCCC. The van der Waals surface area contributed by atoms with E-state index >= 15 is 0 Å². The maximum absolute atomic E-state index is 12.6. The summed E-state index contributed by atoms with van der Waals surface area (Å²) in [5, 5.41) is 23.5. The van der Waals surface area contributed by atoms with Gasteiger partial charge in [-0.1, -0.05) is 404 Å². The molecule has 2 atom stereocenters. The molecule has 510 valence electrons. The van der Waals surface area contributed by atoms with Crippen LogP contribution in [-0.2, 0) is 14.3 Å². The van der Waals surface area contributed by atoms with Gasteiger partial charge in [0.25, 0.3) is 0 Å². The Morgan fingerprint density at radius 3 is 0.884 bits per heavy atom. The van der Waals surface area contributed by atoms with E-state index in [2.05, 4.69) is 43.5 Å². The maximum atomic E-state index is 12.6. The summed E-state index contributed by atoms with van der Waals surface area (Å²) in [6.07, 6.45) is 96.9. The Balaban J connectivity index is 3.40. The molecule has 1 amide bonds. The minimum atomic E-state index is -0.670. The van der Waals surface area contributed by atoms with E-state index in [9.17, 15) is 19.8 Å². The van der Waals surface area contributed by atoms with Gasteiger partial charge in [-0.3, -0.25) is 9.59 Å². The zero-order valence-corrected chi connectivity index (χ0v) is 58.6. The highest BCUT2D eigenvalue weighted by Crippen LogP contribution is 2.20. The molecule has 0 saturated heterocycles. The molecule has 0 saturated carbocycles. The molecular formula is C80H155NO5. The predicted molar refractivity (Wildman–Crippen MR) is 380 cm³/mol. The van der Waals surface area contributed by atoms with Gasteiger partial charge in [0.05, 0.1) is 25.4 Å². The van der Waals surface area contributed by atoms with Gasteiger partial charge in [-0.25, -0.2) is 0 Å². The molecule has 0 aromatic rings. The lowest BCUT2D eigenvalue weighted by Gasteiger charge is -2.22. The van der Waals surface area contributed by atoms with E-state index in [4.69, 9.17) is 4.74 Å². The summed E-state index contributed by atoms with van der Waals surface area (Å²) in [6.45, 7) is 5.00. The predicted octanol–water partition coefficient (Wildman–Crippen LogP) is 26.0. The van der Waals surface area contributed by atoms with Crippen LogP contribution in [0.5, 0.6) is 0 Å².